The Morgan fingerprint density at radius 2 is 1.80 bits per heavy atom. The summed E-state index contributed by atoms with van der Waals surface area (Å²) in [5.41, 5.74) is 2.01. The predicted octanol–water partition coefficient (Wildman–Crippen LogP) is 1.83. The molecule has 216 valence electrons. The number of likely N-dealkylation sites (tertiary alicyclic amines) is 1. The van der Waals surface area contributed by atoms with Gasteiger partial charge in [-0.1, -0.05) is 6.07 Å². The van der Waals surface area contributed by atoms with Crippen LogP contribution >= 0.6 is 11.8 Å². The van der Waals surface area contributed by atoms with Gasteiger partial charge in [0.25, 0.3) is 0 Å². The maximum Gasteiger partial charge on any atom is 0.329 e. The summed E-state index contributed by atoms with van der Waals surface area (Å²) in [4.78, 5) is 50.6. The number of aromatic nitrogens is 2. The normalized spacial score (nSPS) is 19.2. The second-order valence-corrected chi connectivity index (χ2v) is 11.6. The van der Waals surface area contributed by atoms with Crippen molar-refractivity contribution >= 4 is 29.5 Å². The van der Waals surface area contributed by atoms with Crippen LogP contribution in [0.4, 0.5) is 0 Å². The Hall–Kier alpha value is -3.38. The van der Waals surface area contributed by atoms with Crippen molar-refractivity contribution in [2.45, 2.75) is 77.2 Å². The molecule has 0 saturated carbocycles. The molecular formula is C28H36N4O7S. The SMILES string of the molecule is Cc1nc(C)c(COC(=O)C2CCCN2C(=O)C2(NC(=O)C(O)Cc3ccc(O)c(O)c3)CCSCC2)nc1C. The second kappa shape index (κ2) is 12.4. The molecule has 40 heavy (non-hydrogen) atoms. The fraction of sp³-hybridized carbons (Fsp3) is 0.536. The van der Waals surface area contributed by atoms with Gasteiger partial charge in [-0.15, -0.1) is 0 Å². The Morgan fingerprint density at radius 1 is 1.10 bits per heavy atom. The minimum absolute atomic E-state index is 0.0468. The molecule has 1 aromatic carbocycles. The molecule has 0 bridgehead atoms. The number of aromatic hydroxyl groups is 2. The number of ether oxygens (including phenoxy) is 1. The number of aliphatic hydroxyl groups excluding tert-OH is 1. The van der Waals surface area contributed by atoms with Gasteiger partial charge in [0.1, 0.15) is 24.3 Å². The van der Waals surface area contributed by atoms with E-state index in [1.165, 1.54) is 23.1 Å². The van der Waals surface area contributed by atoms with Crippen LogP contribution < -0.4 is 5.32 Å². The molecule has 12 heteroatoms. The predicted molar refractivity (Wildman–Crippen MR) is 148 cm³/mol. The highest BCUT2D eigenvalue weighted by Gasteiger charge is 2.48. The molecule has 2 atom stereocenters. The third-order valence-electron chi connectivity index (χ3n) is 7.61. The van der Waals surface area contributed by atoms with Gasteiger partial charge in [-0.3, -0.25) is 19.6 Å². The molecule has 2 aliphatic heterocycles. The minimum atomic E-state index is -1.48. The number of thioether (sulfide) groups is 1. The lowest BCUT2D eigenvalue weighted by atomic mass is 9.89. The van der Waals surface area contributed by atoms with Crippen molar-refractivity contribution < 1.29 is 34.4 Å². The molecule has 4 rings (SSSR count). The van der Waals surface area contributed by atoms with Crippen molar-refractivity contribution in [3.05, 3.63) is 46.5 Å². The van der Waals surface area contributed by atoms with Gasteiger partial charge in [-0.05, 0) is 75.7 Å². The Bertz CT molecular complexity index is 1280. The van der Waals surface area contributed by atoms with E-state index in [1.807, 2.05) is 13.8 Å². The number of phenolic OH excluding ortho intramolecular Hbond substituents is 2. The number of hydrogen-bond acceptors (Lipinski definition) is 10. The van der Waals surface area contributed by atoms with E-state index in [-0.39, 0.29) is 30.4 Å². The van der Waals surface area contributed by atoms with Crippen molar-refractivity contribution in [1.29, 1.82) is 0 Å². The van der Waals surface area contributed by atoms with Gasteiger partial charge in [0.15, 0.2) is 11.5 Å². The Kier molecular flexibility index (Phi) is 9.19. The topological polar surface area (TPSA) is 162 Å². The number of carbonyl (C=O) groups excluding carboxylic acids is 3. The number of hydrogen-bond donors (Lipinski definition) is 4. The summed E-state index contributed by atoms with van der Waals surface area (Å²) in [6.07, 6.45) is 0.214. The van der Waals surface area contributed by atoms with Gasteiger partial charge in [0.2, 0.25) is 11.8 Å². The van der Waals surface area contributed by atoms with Crippen molar-refractivity contribution in [2.75, 3.05) is 18.1 Å². The first-order valence-electron chi connectivity index (χ1n) is 13.4. The first kappa shape index (κ1) is 29.6. The molecule has 0 aliphatic carbocycles. The van der Waals surface area contributed by atoms with Crippen LogP contribution in [0.1, 0.15) is 54.0 Å². The summed E-state index contributed by atoms with van der Waals surface area (Å²) < 4.78 is 5.59. The van der Waals surface area contributed by atoms with E-state index in [0.29, 0.717) is 60.7 Å². The molecule has 1 aromatic heterocycles. The Morgan fingerprint density at radius 3 is 2.50 bits per heavy atom. The van der Waals surface area contributed by atoms with E-state index in [0.717, 1.165) is 11.4 Å². The molecule has 2 saturated heterocycles. The monoisotopic (exact) mass is 572 g/mol. The van der Waals surface area contributed by atoms with E-state index in [2.05, 4.69) is 15.3 Å². The molecule has 2 aromatic rings. The molecule has 0 spiro atoms. The number of nitrogens with zero attached hydrogens (tertiary/aromatic N) is 3. The zero-order valence-corrected chi connectivity index (χ0v) is 23.8. The van der Waals surface area contributed by atoms with Crippen LogP contribution in [0.2, 0.25) is 0 Å². The third kappa shape index (κ3) is 6.49. The van der Waals surface area contributed by atoms with E-state index in [9.17, 15) is 29.7 Å². The lowest BCUT2D eigenvalue weighted by Gasteiger charge is -2.40. The number of nitrogens with one attached hydrogen (secondary N) is 1. The summed E-state index contributed by atoms with van der Waals surface area (Å²) in [7, 11) is 0. The van der Waals surface area contributed by atoms with Gasteiger partial charge >= 0.3 is 5.97 Å². The quantitative estimate of drug-likeness (QED) is 0.271. The van der Waals surface area contributed by atoms with Crippen LogP contribution in [0.3, 0.4) is 0 Å². The molecule has 0 radical (unpaired) electrons. The van der Waals surface area contributed by atoms with Crippen LogP contribution in [0, 0.1) is 20.8 Å². The van der Waals surface area contributed by atoms with Crippen molar-refractivity contribution in [2.24, 2.45) is 0 Å². The van der Waals surface area contributed by atoms with Crippen LogP contribution in [0.25, 0.3) is 0 Å². The number of carbonyl (C=O) groups is 3. The summed E-state index contributed by atoms with van der Waals surface area (Å²) in [6.45, 7) is 5.82. The van der Waals surface area contributed by atoms with Gasteiger partial charge in [0.05, 0.1) is 22.8 Å². The van der Waals surface area contributed by atoms with E-state index in [4.69, 9.17) is 4.74 Å². The summed E-state index contributed by atoms with van der Waals surface area (Å²) >= 11 is 1.67. The van der Waals surface area contributed by atoms with E-state index in [1.54, 1.807) is 18.7 Å². The van der Waals surface area contributed by atoms with E-state index < -0.39 is 29.6 Å². The van der Waals surface area contributed by atoms with Crippen LogP contribution in [-0.4, -0.2) is 83.7 Å². The Balaban J connectivity index is 1.45. The first-order valence-corrected chi connectivity index (χ1v) is 14.5. The largest absolute Gasteiger partial charge is 0.504 e. The Labute approximate surface area is 237 Å². The number of esters is 1. The fourth-order valence-corrected chi connectivity index (χ4v) is 6.30. The number of amides is 2. The van der Waals surface area contributed by atoms with Crippen LogP contribution in [0.5, 0.6) is 11.5 Å². The van der Waals surface area contributed by atoms with Gasteiger partial charge < -0.3 is 30.3 Å². The highest BCUT2D eigenvalue weighted by molar-refractivity contribution is 7.99. The number of benzene rings is 1. The zero-order chi connectivity index (χ0) is 29.0. The average molecular weight is 573 g/mol. The summed E-state index contributed by atoms with van der Waals surface area (Å²) in [5, 5.41) is 32.7. The van der Waals surface area contributed by atoms with E-state index >= 15 is 0 Å². The zero-order valence-electron chi connectivity index (χ0n) is 23.0. The van der Waals surface area contributed by atoms with Crippen molar-refractivity contribution in [3.8, 4) is 11.5 Å². The molecule has 2 fully saturated rings. The van der Waals surface area contributed by atoms with Gasteiger partial charge in [0, 0.05) is 13.0 Å². The molecule has 2 aliphatic rings. The van der Waals surface area contributed by atoms with Crippen LogP contribution in [0.15, 0.2) is 18.2 Å². The fourth-order valence-electron chi connectivity index (χ4n) is 5.11. The van der Waals surface area contributed by atoms with Crippen LogP contribution in [-0.2, 0) is 32.1 Å². The number of phenols is 2. The number of rotatable bonds is 8. The second-order valence-electron chi connectivity index (χ2n) is 10.4. The smallest absolute Gasteiger partial charge is 0.329 e. The summed E-state index contributed by atoms with van der Waals surface area (Å²) in [5.74, 6) is -0.963. The molecule has 2 unspecified atom stereocenters. The maximum atomic E-state index is 14.0. The highest BCUT2D eigenvalue weighted by atomic mass is 32.2. The highest BCUT2D eigenvalue weighted by Crippen LogP contribution is 2.33. The molecule has 11 nitrogen and oxygen atoms in total. The average Bonchev–Trinajstić information content (AvgIpc) is 3.42. The molecule has 3 heterocycles. The lowest BCUT2D eigenvalue weighted by Crippen LogP contribution is -2.64. The lowest BCUT2D eigenvalue weighted by molar-refractivity contribution is -0.157. The van der Waals surface area contributed by atoms with Gasteiger partial charge in [-0.2, -0.15) is 11.8 Å². The van der Waals surface area contributed by atoms with Crippen molar-refractivity contribution in [3.63, 3.8) is 0 Å². The maximum absolute atomic E-state index is 14.0. The summed E-state index contributed by atoms with van der Waals surface area (Å²) in [6, 6.07) is 3.27. The standard InChI is InChI=1S/C28H36N4O7S/c1-16-17(2)30-20(18(3)29-16)15-39-26(37)21-5-4-10-32(21)27(38)28(8-11-40-12-9-28)31-25(36)24(35)14-19-6-7-22(33)23(34)13-19/h6-7,13,21,24,33-35H,4-5,8-12,14-15H2,1-3H3,(H,31,36). The van der Waals surface area contributed by atoms with Crippen molar-refractivity contribution in [1.82, 2.24) is 20.2 Å². The molecular weight excluding hydrogens is 536 g/mol. The molecule has 2 amide bonds. The minimum Gasteiger partial charge on any atom is -0.504 e. The first-order chi connectivity index (χ1) is 19.0. The van der Waals surface area contributed by atoms with Gasteiger partial charge in [-0.25, -0.2) is 4.79 Å². The molecule has 4 N–H and O–H groups in total. The number of aliphatic hydroxyl groups is 1. The third-order valence-corrected chi connectivity index (χ3v) is 8.59. The number of aryl methyl sites for hydroxylation is 3.